The van der Waals surface area contributed by atoms with Crippen LogP contribution in [-0.2, 0) is 9.47 Å². The zero-order valence-corrected chi connectivity index (χ0v) is 23.1. The fraction of sp³-hybridized carbons (Fsp3) is 0.867. The van der Waals surface area contributed by atoms with Crippen LogP contribution < -0.4 is 0 Å². The van der Waals surface area contributed by atoms with Crippen LogP contribution >= 0.6 is 0 Å². The zero-order valence-electron chi connectivity index (χ0n) is 23.1. The van der Waals surface area contributed by atoms with Crippen molar-refractivity contribution in [2.75, 3.05) is 47.1 Å². The molecular formula is C30H51NO3. The smallest absolute Gasteiger partial charge is 0.0594 e. The van der Waals surface area contributed by atoms with E-state index in [0.29, 0.717) is 23.2 Å². The van der Waals surface area contributed by atoms with Gasteiger partial charge in [-0.25, -0.2) is 0 Å². The second-order valence-corrected chi connectivity index (χ2v) is 13.0. The Hall–Kier alpha value is -0.680. The van der Waals surface area contributed by atoms with Crippen LogP contribution in [0, 0.1) is 34.0 Å². The van der Waals surface area contributed by atoms with Gasteiger partial charge in [0.15, 0.2) is 0 Å². The topological polar surface area (TPSA) is 41.9 Å². The van der Waals surface area contributed by atoms with E-state index in [1.54, 1.807) is 30.9 Å². The molecule has 0 aromatic carbocycles. The van der Waals surface area contributed by atoms with Crippen LogP contribution in [0.2, 0.25) is 0 Å². The van der Waals surface area contributed by atoms with E-state index in [1.165, 1.54) is 32.1 Å². The number of aliphatic hydroxyl groups excluding tert-OH is 1. The molecule has 2 unspecified atom stereocenters. The Morgan fingerprint density at radius 3 is 2.32 bits per heavy atom. The Kier molecular flexibility index (Phi) is 7.76. The van der Waals surface area contributed by atoms with Gasteiger partial charge in [0.25, 0.3) is 0 Å². The summed E-state index contributed by atoms with van der Waals surface area (Å²) < 4.78 is 10.8. The van der Waals surface area contributed by atoms with E-state index in [9.17, 15) is 5.11 Å². The number of allylic oxidation sites excluding steroid dienone is 4. The first kappa shape index (κ1) is 26.4. The molecule has 0 radical (unpaired) electrons. The fourth-order valence-electron chi connectivity index (χ4n) is 8.85. The number of ether oxygens (including phenoxy) is 2. The molecule has 4 aliphatic rings. The molecule has 34 heavy (non-hydrogen) atoms. The van der Waals surface area contributed by atoms with Crippen LogP contribution in [0.1, 0.15) is 79.6 Å². The molecule has 0 spiro atoms. The van der Waals surface area contributed by atoms with Crippen LogP contribution in [0.4, 0.5) is 0 Å². The van der Waals surface area contributed by atoms with E-state index in [-0.39, 0.29) is 16.9 Å². The molecule has 0 bridgehead atoms. The maximum Gasteiger partial charge on any atom is 0.0594 e. The van der Waals surface area contributed by atoms with Gasteiger partial charge < -0.3 is 14.6 Å². The van der Waals surface area contributed by atoms with Crippen molar-refractivity contribution in [3.63, 3.8) is 0 Å². The zero-order chi connectivity index (χ0) is 24.7. The van der Waals surface area contributed by atoms with Crippen molar-refractivity contribution in [2.45, 2.75) is 85.7 Å². The molecule has 194 valence electrons. The maximum absolute atomic E-state index is 10.8. The van der Waals surface area contributed by atoms with Gasteiger partial charge in [0.2, 0.25) is 0 Å². The lowest BCUT2D eigenvalue weighted by molar-refractivity contribution is -0.0905. The summed E-state index contributed by atoms with van der Waals surface area (Å²) in [5.41, 5.74) is 5.78. The normalized spacial score (nSPS) is 37.8. The Morgan fingerprint density at radius 2 is 1.68 bits per heavy atom. The molecular weight excluding hydrogens is 422 g/mol. The van der Waals surface area contributed by atoms with Crippen LogP contribution in [0.15, 0.2) is 22.8 Å². The van der Waals surface area contributed by atoms with Gasteiger partial charge in [-0.05, 0) is 90.1 Å². The summed E-state index contributed by atoms with van der Waals surface area (Å²) in [6.07, 6.45) is 10.8. The number of hydrogen-bond acceptors (Lipinski definition) is 4. The largest absolute Gasteiger partial charge is 0.393 e. The minimum Gasteiger partial charge on any atom is -0.393 e. The number of aliphatic hydroxyl groups is 1. The van der Waals surface area contributed by atoms with Gasteiger partial charge >= 0.3 is 0 Å². The quantitative estimate of drug-likeness (QED) is 0.456. The number of fused-ring (bicyclic) bond motifs is 4. The van der Waals surface area contributed by atoms with E-state index in [2.05, 4.69) is 45.6 Å². The highest BCUT2D eigenvalue weighted by Gasteiger charge is 2.57. The Morgan fingerprint density at radius 1 is 1.00 bits per heavy atom. The molecule has 0 aromatic rings. The van der Waals surface area contributed by atoms with Crippen LogP contribution in [0.3, 0.4) is 0 Å². The minimum absolute atomic E-state index is 0.0151. The second kappa shape index (κ2) is 10.00. The lowest BCUT2D eigenvalue weighted by Gasteiger charge is -2.59. The lowest BCUT2D eigenvalue weighted by Crippen LogP contribution is -2.53. The molecule has 0 heterocycles. The molecule has 0 aromatic heterocycles. The van der Waals surface area contributed by atoms with Gasteiger partial charge in [0.1, 0.15) is 0 Å². The molecule has 1 saturated carbocycles. The van der Waals surface area contributed by atoms with Crippen molar-refractivity contribution in [3.05, 3.63) is 22.8 Å². The summed E-state index contributed by atoms with van der Waals surface area (Å²) in [6.45, 7) is 16.9. The molecule has 4 nitrogen and oxygen atoms in total. The maximum atomic E-state index is 10.8. The molecule has 4 rings (SSSR count). The summed E-state index contributed by atoms with van der Waals surface area (Å²) in [6, 6.07) is 0. The van der Waals surface area contributed by atoms with Gasteiger partial charge in [-0.15, -0.1) is 0 Å². The van der Waals surface area contributed by atoms with Crippen molar-refractivity contribution in [2.24, 2.45) is 34.0 Å². The van der Waals surface area contributed by atoms with Gasteiger partial charge in [0, 0.05) is 33.9 Å². The molecule has 1 N–H and O–H groups in total. The lowest BCUT2D eigenvalue weighted by atomic mass is 9.46. The molecule has 0 amide bonds. The van der Waals surface area contributed by atoms with Crippen molar-refractivity contribution in [1.29, 1.82) is 0 Å². The van der Waals surface area contributed by atoms with Crippen molar-refractivity contribution < 1.29 is 14.6 Å². The number of rotatable bonds is 9. The van der Waals surface area contributed by atoms with Crippen LogP contribution in [0.25, 0.3) is 0 Å². The third kappa shape index (κ3) is 4.35. The highest BCUT2D eigenvalue weighted by Crippen LogP contribution is 2.66. The molecule has 0 saturated heterocycles. The predicted molar refractivity (Wildman–Crippen MR) is 140 cm³/mol. The number of methoxy groups -OCH3 is 2. The van der Waals surface area contributed by atoms with Gasteiger partial charge in [-0.1, -0.05) is 46.3 Å². The average Bonchev–Trinajstić information content (AvgIpc) is 3.16. The minimum atomic E-state index is -0.156. The summed E-state index contributed by atoms with van der Waals surface area (Å²) in [5.74, 6) is 1.95. The number of nitrogens with zero attached hydrogens (tertiary/aromatic N) is 1. The SMILES string of the molecule is COCCN(CCOC)C[C@@H](C)[C@H]1CC=C2C3=C(CC[C@@]21C)[C@@]1(C)CCC(O)C(C)(C)C1CC3. The van der Waals surface area contributed by atoms with Crippen molar-refractivity contribution in [1.82, 2.24) is 4.90 Å². The Bertz CT molecular complexity index is 793. The standard InChI is InChI=1S/C30H51NO3/c1-21(20-31(16-18-33-6)17-19-34-7)23-9-10-24-22-8-11-26-28(2,3)27(32)13-15-30(26,5)25(22)12-14-29(23,24)4/h10,21,23,26-27,32H,8-9,11-20H2,1-7H3/t21-,23-,26?,27?,29-,30-/m1/s1. The highest BCUT2D eigenvalue weighted by molar-refractivity contribution is 5.49. The summed E-state index contributed by atoms with van der Waals surface area (Å²) >= 11 is 0. The predicted octanol–water partition coefficient (Wildman–Crippen LogP) is 5.86. The third-order valence-corrected chi connectivity index (χ3v) is 10.9. The van der Waals surface area contributed by atoms with E-state index in [4.69, 9.17) is 9.47 Å². The monoisotopic (exact) mass is 473 g/mol. The van der Waals surface area contributed by atoms with Crippen molar-refractivity contribution in [3.8, 4) is 0 Å². The summed E-state index contributed by atoms with van der Waals surface area (Å²) in [7, 11) is 3.59. The van der Waals surface area contributed by atoms with E-state index >= 15 is 0 Å². The van der Waals surface area contributed by atoms with Crippen molar-refractivity contribution >= 4 is 0 Å². The molecule has 6 atom stereocenters. The number of hydrogen-bond donors (Lipinski definition) is 1. The van der Waals surface area contributed by atoms with Gasteiger partial charge in [-0.2, -0.15) is 0 Å². The van der Waals surface area contributed by atoms with E-state index in [1.807, 2.05) is 0 Å². The van der Waals surface area contributed by atoms with Gasteiger partial charge in [-0.3, -0.25) is 4.90 Å². The highest BCUT2D eigenvalue weighted by atomic mass is 16.5. The van der Waals surface area contributed by atoms with Gasteiger partial charge in [0.05, 0.1) is 19.3 Å². The Balaban J connectivity index is 1.54. The fourth-order valence-corrected chi connectivity index (χ4v) is 8.85. The molecule has 1 fully saturated rings. The molecule has 4 aliphatic carbocycles. The first-order valence-electron chi connectivity index (χ1n) is 13.9. The first-order chi connectivity index (χ1) is 16.1. The first-order valence-corrected chi connectivity index (χ1v) is 13.9. The Labute approximate surface area is 209 Å². The summed E-state index contributed by atoms with van der Waals surface area (Å²) in [5, 5.41) is 10.8. The summed E-state index contributed by atoms with van der Waals surface area (Å²) in [4.78, 5) is 2.54. The van der Waals surface area contributed by atoms with E-state index in [0.717, 1.165) is 45.7 Å². The molecule has 4 heteroatoms. The second-order valence-electron chi connectivity index (χ2n) is 13.0. The van der Waals surface area contributed by atoms with E-state index < -0.39 is 0 Å². The third-order valence-electron chi connectivity index (χ3n) is 10.9. The van der Waals surface area contributed by atoms with Crippen LogP contribution in [-0.4, -0.2) is 63.2 Å². The average molecular weight is 474 g/mol. The van der Waals surface area contributed by atoms with Crippen LogP contribution in [0.5, 0.6) is 0 Å². The molecule has 0 aliphatic heterocycles.